The Balaban J connectivity index is 1.19. The number of rotatable bonds is 5. The zero-order valence-corrected chi connectivity index (χ0v) is 30.9. The maximum atomic E-state index is 2.54. The largest absolute Gasteiger partial charge is 0.311 e. The van der Waals surface area contributed by atoms with Gasteiger partial charge < -0.3 is 14.7 Å². The fourth-order valence-corrected chi connectivity index (χ4v) is 9.59. The van der Waals surface area contributed by atoms with E-state index in [2.05, 4.69) is 223 Å². The van der Waals surface area contributed by atoms with Crippen LogP contribution in [0.4, 0.5) is 51.2 Å². The first kappa shape index (κ1) is 31.7. The van der Waals surface area contributed by atoms with Crippen LogP contribution in [0.5, 0.6) is 0 Å². The van der Waals surface area contributed by atoms with E-state index in [0.717, 1.165) is 28.4 Å². The third kappa shape index (κ3) is 4.71. The molecule has 4 heteroatoms. The highest BCUT2D eigenvalue weighted by Gasteiger charge is 2.44. The van der Waals surface area contributed by atoms with Crippen LogP contribution in [0.3, 0.4) is 0 Å². The molecule has 8 aromatic rings. The highest BCUT2D eigenvalue weighted by Crippen LogP contribution is 2.52. The first-order valence-corrected chi connectivity index (χ1v) is 19.2. The molecule has 0 radical (unpaired) electrons. The lowest BCUT2D eigenvalue weighted by atomic mass is 9.33. The molecule has 2 heterocycles. The molecule has 0 bridgehead atoms. The van der Waals surface area contributed by atoms with E-state index in [1.54, 1.807) is 0 Å². The highest BCUT2D eigenvalue weighted by molar-refractivity contribution is 7.00. The van der Waals surface area contributed by atoms with Gasteiger partial charge in [0.05, 0.1) is 0 Å². The zero-order chi connectivity index (χ0) is 36.7. The van der Waals surface area contributed by atoms with Crippen LogP contribution in [0.2, 0.25) is 0 Å². The molecule has 0 atom stereocenters. The Hall–Kier alpha value is -6.78. The quantitative estimate of drug-likeness (QED) is 0.165. The molecule has 8 aromatic carbocycles. The summed E-state index contributed by atoms with van der Waals surface area (Å²) in [4.78, 5) is 7.36. The lowest BCUT2D eigenvalue weighted by Gasteiger charge is -2.44. The normalized spacial score (nSPS) is 14.0. The maximum Gasteiger partial charge on any atom is 0.252 e. The Morgan fingerprint density at radius 2 is 0.964 bits per heavy atom. The molecule has 0 amide bonds. The third-order valence-electron chi connectivity index (χ3n) is 12.0. The number of benzene rings is 8. The van der Waals surface area contributed by atoms with Crippen molar-refractivity contribution in [2.24, 2.45) is 0 Å². The van der Waals surface area contributed by atoms with Gasteiger partial charge in [-0.15, -0.1) is 0 Å². The summed E-state index contributed by atoms with van der Waals surface area (Å²) in [5.74, 6) is 0. The van der Waals surface area contributed by atoms with Crippen molar-refractivity contribution in [1.82, 2.24) is 0 Å². The standard InChI is InChI=1S/C51H38BN3/c1-51(2)42-24-13-12-23-40(42)41-33-38(29-31-43(41)51)55-48-28-16-27-47-50(48)52(44-25-14-15-26-46(44)54(47)37-21-10-5-11-22-37)45-32-30-39(34-49(45)55)53(35-17-6-3-7-18-35)36-19-8-4-9-20-36/h3-34H,1-2H3. The van der Waals surface area contributed by atoms with E-state index < -0.39 is 0 Å². The number of para-hydroxylation sites is 4. The average Bonchev–Trinajstić information content (AvgIpc) is 3.47. The molecule has 3 aliphatic rings. The van der Waals surface area contributed by atoms with Crippen molar-refractivity contribution in [2.45, 2.75) is 19.3 Å². The molecule has 0 aromatic heterocycles. The van der Waals surface area contributed by atoms with Crippen LogP contribution in [-0.4, -0.2) is 6.71 Å². The lowest BCUT2D eigenvalue weighted by Crippen LogP contribution is -2.61. The average molecular weight is 704 g/mol. The van der Waals surface area contributed by atoms with Crippen molar-refractivity contribution < 1.29 is 0 Å². The second kappa shape index (κ2) is 12.1. The Bertz CT molecular complexity index is 2720. The van der Waals surface area contributed by atoms with E-state index >= 15 is 0 Å². The molecule has 0 spiro atoms. The fraction of sp³-hybridized carbons (Fsp3) is 0.0588. The lowest BCUT2D eigenvalue weighted by molar-refractivity contribution is 0.660. The van der Waals surface area contributed by atoms with Crippen LogP contribution >= 0.6 is 0 Å². The SMILES string of the molecule is CC1(C)c2ccccc2-c2cc(N3c4cc(N(c5ccccc5)c5ccccc5)ccc4B4c5ccccc5N(c5ccccc5)c5cccc3c54)ccc21. The van der Waals surface area contributed by atoms with Crippen molar-refractivity contribution in [2.75, 3.05) is 14.7 Å². The van der Waals surface area contributed by atoms with Gasteiger partial charge in [-0.3, -0.25) is 0 Å². The molecule has 55 heavy (non-hydrogen) atoms. The third-order valence-corrected chi connectivity index (χ3v) is 12.0. The van der Waals surface area contributed by atoms with Gasteiger partial charge in [0.25, 0.3) is 6.71 Å². The van der Waals surface area contributed by atoms with Gasteiger partial charge in [0.1, 0.15) is 0 Å². The van der Waals surface area contributed by atoms with Crippen molar-refractivity contribution in [3.05, 3.63) is 205 Å². The molecule has 0 fully saturated rings. The predicted molar refractivity (Wildman–Crippen MR) is 233 cm³/mol. The van der Waals surface area contributed by atoms with Crippen LogP contribution in [0.15, 0.2) is 194 Å². The van der Waals surface area contributed by atoms with Crippen LogP contribution in [0.1, 0.15) is 25.0 Å². The van der Waals surface area contributed by atoms with Gasteiger partial charge in [0, 0.05) is 56.6 Å². The predicted octanol–water partition coefficient (Wildman–Crippen LogP) is 11.5. The minimum absolute atomic E-state index is 0.0543. The van der Waals surface area contributed by atoms with Crippen LogP contribution < -0.4 is 31.1 Å². The molecule has 0 unspecified atom stereocenters. The van der Waals surface area contributed by atoms with Crippen LogP contribution in [-0.2, 0) is 5.41 Å². The molecule has 11 rings (SSSR count). The van der Waals surface area contributed by atoms with Gasteiger partial charge in [-0.25, -0.2) is 0 Å². The summed E-state index contributed by atoms with van der Waals surface area (Å²) in [6.45, 7) is 4.77. The number of fused-ring (bicyclic) bond motifs is 7. The number of anilines is 9. The van der Waals surface area contributed by atoms with Gasteiger partial charge in [0.2, 0.25) is 0 Å². The number of hydrogen-bond acceptors (Lipinski definition) is 3. The number of hydrogen-bond donors (Lipinski definition) is 0. The summed E-state index contributed by atoms with van der Waals surface area (Å²) >= 11 is 0. The second-order valence-electron chi connectivity index (χ2n) is 15.4. The Kier molecular flexibility index (Phi) is 6.99. The van der Waals surface area contributed by atoms with Gasteiger partial charge in [-0.2, -0.15) is 0 Å². The number of nitrogens with zero attached hydrogens (tertiary/aromatic N) is 3. The van der Waals surface area contributed by atoms with E-state index in [1.807, 2.05) is 0 Å². The minimum atomic E-state index is -0.0692. The van der Waals surface area contributed by atoms with Crippen molar-refractivity contribution >= 4 is 74.3 Å². The highest BCUT2D eigenvalue weighted by atomic mass is 15.2. The topological polar surface area (TPSA) is 9.72 Å². The molecule has 260 valence electrons. The molecule has 2 aliphatic heterocycles. The second-order valence-corrected chi connectivity index (χ2v) is 15.4. The van der Waals surface area contributed by atoms with Gasteiger partial charge in [0.15, 0.2) is 0 Å². The molecular formula is C51H38BN3. The van der Waals surface area contributed by atoms with E-state index in [0.29, 0.717) is 0 Å². The summed E-state index contributed by atoms with van der Waals surface area (Å²) < 4.78 is 0. The van der Waals surface area contributed by atoms with E-state index in [9.17, 15) is 0 Å². The van der Waals surface area contributed by atoms with Crippen molar-refractivity contribution in [1.29, 1.82) is 0 Å². The molecular weight excluding hydrogens is 665 g/mol. The first-order chi connectivity index (χ1) is 27.1. The van der Waals surface area contributed by atoms with E-state index in [-0.39, 0.29) is 12.1 Å². The molecule has 0 N–H and O–H groups in total. The monoisotopic (exact) mass is 703 g/mol. The van der Waals surface area contributed by atoms with Crippen molar-refractivity contribution in [3.8, 4) is 11.1 Å². The van der Waals surface area contributed by atoms with Gasteiger partial charge in [-0.1, -0.05) is 129 Å². The van der Waals surface area contributed by atoms with Crippen LogP contribution in [0.25, 0.3) is 11.1 Å². The Labute approximate surface area is 323 Å². The van der Waals surface area contributed by atoms with Crippen molar-refractivity contribution in [3.63, 3.8) is 0 Å². The molecule has 0 saturated heterocycles. The summed E-state index contributed by atoms with van der Waals surface area (Å²) in [6.07, 6.45) is 0. The summed E-state index contributed by atoms with van der Waals surface area (Å²) in [7, 11) is 0. The van der Waals surface area contributed by atoms with Crippen LogP contribution in [0, 0.1) is 0 Å². The van der Waals surface area contributed by atoms with E-state index in [1.165, 1.54) is 61.4 Å². The molecule has 3 nitrogen and oxygen atoms in total. The summed E-state index contributed by atoms with van der Waals surface area (Å²) in [6, 6.07) is 71.3. The Morgan fingerprint density at radius 1 is 0.400 bits per heavy atom. The Morgan fingerprint density at radius 3 is 1.69 bits per heavy atom. The fourth-order valence-electron chi connectivity index (χ4n) is 9.59. The molecule has 1 aliphatic carbocycles. The smallest absolute Gasteiger partial charge is 0.252 e. The minimum Gasteiger partial charge on any atom is -0.311 e. The first-order valence-electron chi connectivity index (χ1n) is 19.2. The molecule has 0 saturated carbocycles. The maximum absolute atomic E-state index is 2.54. The van der Waals surface area contributed by atoms with E-state index in [4.69, 9.17) is 0 Å². The van der Waals surface area contributed by atoms with Gasteiger partial charge in [-0.05, 0) is 118 Å². The summed E-state index contributed by atoms with van der Waals surface area (Å²) in [5, 5.41) is 0. The van der Waals surface area contributed by atoms with Gasteiger partial charge >= 0.3 is 0 Å². The zero-order valence-electron chi connectivity index (χ0n) is 30.9. The summed E-state index contributed by atoms with van der Waals surface area (Å²) in [5.41, 5.74) is 19.8.